The van der Waals surface area contributed by atoms with Crippen LogP contribution in [0.25, 0.3) is 11.1 Å². The minimum absolute atomic E-state index is 0.231. The molecule has 0 spiro atoms. The van der Waals surface area contributed by atoms with Crippen LogP contribution in [-0.2, 0) is 21.2 Å². The Morgan fingerprint density at radius 1 is 0.962 bits per heavy atom. The fourth-order valence-electron chi connectivity index (χ4n) is 2.88. The van der Waals surface area contributed by atoms with Crippen LogP contribution >= 0.6 is 0 Å². The molecule has 1 aromatic carbocycles. The van der Waals surface area contributed by atoms with Crippen molar-refractivity contribution in [2.24, 2.45) is 0 Å². The number of rotatable bonds is 6. The SMILES string of the molecule is COC(=O)c1cc(CCNS(=O)(=O)c2ccccc2)c2cccccc1-2. The summed E-state index contributed by atoms with van der Waals surface area (Å²) in [5.74, 6) is -0.405. The number of hydrogen-bond donors (Lipinski definition) is 1. The maximum atomic E-state index is 12.3. The third kappa shape index (κ3) is 3.76. The van der Waals surface area contributed by atoms with Crippen LogP contribution in [0.5, 0.6) is 0 Å². The van der Waals surface area contributed by atoms with Crippen LogP contribution in [0.15, 0.2) is 71.6 Å². The molecule has 2 aliphatic rings. The zero-order chi connectivity index (χ0) is 18.6. The molecule has 0 saturated heterocycles. The molecule has 2 aliphatic carbocycles. The monoisotopic (exact) mass is 369 g/mol. The van der Waals surface area contributed by atoms with Gasteiger partial charge in [0.2, 0.25) is 10.0 Å². The summed E-state index contributed by atoms with van der Waals surface area (Å²) in [5.41, 5.74) is 3.09. The van der Waals surface area contributed by atoms with Gasteiger partial charge in [0, 0.05) is 6.54 Å². The molecular formula is C20H19NO4S. The molecule has 1 N–H and O–H groups in total. The number of nitrogens with one attached hydrogen (secondary N) is 1. The Hall–Kier alpha value is -2.70. The fraction of sp³-hybridized carbons (Fsp3) is 0.150. The van der Waals surface area contributed by atoms with Gasteiger partial charge in [0.25, 0.3) is 0 Å². The zero-order valence-electron chi connectivity index (χ0n) is 14.3. The van der Waals surface area contributed by atoms with Gasteiger partial charge in [-0.3, -0.25) is 0 Å². The molecule has 0 heterocycles. The predicted molar refractivity (Wildman–Crippen MR) is 99.7 cm³/mol. The third-order valence-corrected chi connectivity index (χ3v) is 5.62. The van der Waals surface area contributed by atoms with Crippen molar-refractivity contribution in [1.29, 1.82) is 0 Å². The van der Waals surface area contributed by atoms with Crippen molar-refractivity contribution in [3.63, 3.8) is 0 Å². The molecule has 134 valence electrons. The van der Waals surface area contributed by atoms with Crippen molar-refractivity contribution in [3.05, 3.63) is 77.9 Å². The van der Waals surface area contributed by atoms with Crippen LogP contribution in [-0.4, -0.2) is 28.0 Å². The number of benzene rings is 1. The van der Waals surface area contributed by atoms with Crippen LogP contribution in [0.1, 0.15) is 15.9 Å². The Kier molecular flexibility index (Phi) is 5.35. The van der Waals surface area contributed by atoms with Crippen molar-refractivity contribution in [2.75, 3.05) is 13.7 Å². The first-order valence-electron chi connectivity index (χ1n) is 8.16. The van der Waals surface area contributed by atoms with E-state index in [1.807, 2.05) is 30.3 Å². The van der Waals surface area contributed by atoms with Gasteiger partial charge in [-0.2, -0.15) is 0 Å². The van der Waals surface area contributed by atoms with Gasteiger partial charge >= 0.3 is 5.97 Å². The van der Waals surface area contributed by atoms with Gasteiger partial charge in [-0.05, 0) is 41.3 Å². The first-order valence-corrected chi connectivity index (χ1v) is 9.65. The van der Waals surface area contributed by atoms with E-state index in [0.29, 0.717) is 12.0 Å². The highest BCUT2D eigenvalue weighted by molar-refractivity contribution is 7.89. The van der Waals surface area contributed by atoms with E-state index in [-0.39, 0.29) is 11.4 Å². The van der Waals surface area contributed by atoms with Crippen molar-refractivity contribution in [3.8, 4) is 11.1 Å². The summed E-state index contributed by atoms with van der Waals surface area (Å²) in [5, 5.41) is 0. The molecule has 0 unspecified atom stereocenters. The van der Waals surface area contributed by atoms with Crippen LogP contribution in [0.3, 0.4) is 0 Å². The lowest BCUT2D eigenvalue weighted by Gasteiger charge is -2.07. The van der Waals surface area contributed by atoms with Crippen molar-refractivity contribution < 1.29 is 17.9 Å². The van der Waals surface area contributed by atoms with E-state index in [1.54, 1.807) is 36.4 Å². The lowest BCUT2D eigenvalue weighted by atomic mass is 10.1. The maximum absolute atomic E-state index is 12.3. The van der Waals surface area contributed by atoms with Gasteiger partial charge in [-0.15, -0.1) is 0 Å². The maximum Gasteiger partial charge on any atom is 0.338 e. The standard InChI is InChI=1S/C20H19NO4S/c1-25-20(22)19-14-15(17-10-6-3-7-11-18(17)19)12-13-21-26(23,24)16-8-4-2-5-9-16/h2-11,14,21H,12-13H2,1H3. The Bertz CT molecular complexity index is 984. The minimum atomic E-state index is -3.55. The summed E-state index contributed by atoms with van der Waals surface area (Å²) in [6.45, 7) is 0.232. The number of sulfonamides is 1. The van der Waals surface area contributed by atoms with Crippen LogP contribution in [0.2, 0.25) is 0 Å². The molecule has 1 aromatic rings. The zero-order valence-corrected chi connectivity index (χ0v) is 15.1. The van der Waals surface area contributed by atoms with Gasteiger partial charge in [0.1, 0.15) is 0 Å². The van der Waals surface area contributed by atoms with E-state index in [9.17, 15) is 13.2 Å². The Balaban J connectivity index is 1.81. The van der Waals surface area contributed by atoms with Gasteiger partial charge in [-0.25, -0.2) is 17.9 Å². The van der Waals surface area contributed by atoms with Crippen LogP contribution in [0, 0.1) is 0 Å². The normalized spacial score (nSPS) is 11.4. The lowest BCUT2D eigenvalue weighted by molar-refractivity contribution is 0.0602. The molecule has 0 aliphatic heterocycles. The number of carbonyl (C=O) groups is 1. The van der Waals surface area contributed by atoms with Crippen LogP contribution < -0.4 is 4.72 Å². The van der Waals surface area contributed by atoms with Crippen molar-refractivity contribution in [2.45, 2.75) is 11.3 Å². The van der Waals surface area contributed by atoms with E-state index in [1.165, 1.54) is 7.11 Å². The number of hydrogen-bond acceptors (Lipinski definition) is 4. The van der Waals surface area contributed by atoms with Crippen LogP contribution in [0.4, 0.5) is 0 Å². The lowest BCUT2D eigenvalue weighted by Crippen LogP contribution is -2.25. The first-order chi connectivity index (χ1) is 12.5. The molecule has 0 radical (unpaired) electrons. The fourth-order valence-corrected chi connectivity index (χ4v) is 3.93. The molecule has 6 heteroatoms. The highest BCUT2D eigenvalue weighted by atomic mass is 32.2. The second kappa shape index (κ2) is 7.68. The molecule has 0 saturated carbocycles. The molecule has 0 fully saturated rings. The topological polar surface area (TPSA) is 72.5 Å². The average Bonchev–Trinajstić information content (AvgIpc) is 2.83. The molecule has 5 nitrogen and oxygen atoms in total. The van der Waals surface area contributed by atoms with E-state index in [4.69, 9.17) is 4.74 Å². The highest BCUT2D eigenvalue weighted by Gasteiger charge is 2.20. The first kappa shape index (κ1) is 18.1. The predicted octanol–water partition coefficient (Wildman–Crippen LogP) is 3.10. The summed E-state index contributed by atoms with van der Waals surface area (Å²) in [4.78, 5) is 12.3. The van der Waals surface area contributed by atoms with Gasteiger partial charge in [0.05, 0.1) is 17.6 Å². The highest BCUT2D eigenvalue weighted by Crippen LogP contribution is 2.32. The number of fused-ring (bicyclic) bond motifs is 1. The largest absolute Gasteiger partial charge is 0.465 e. The summed E-state index contributed by atoms with van der Waals surface area (Å²) in [6.07, 6.45) is 0.462. The summed E-state index contributed by atoms with van der Waals surface area (Å²) >= 11 is 0. The second-order valence-corrected chi connectivity index (χ2v) is 7.54. The number of methoxy groups -OCH3 is 1. The summed E-state index contributed by atoms with van der Waals surface area (Å²) < 4.78 is 32.1. The molecule has 3 rings (SSSR count). The third-order valence-electron chi connectivity index (χ3n) is 4.14. The molecule has 26 heavy (non-hydrogen) atoms. The van der Waals surface area contributed by atoms with E-state index in [0.717, 1.165) is 16.7 Å². The van der Waals surface area contributed by atoms with Gasteiger partial charge < -0.3 is 4.74 Å². The molecule has 0 aromatic heterocycles. The second-order valence-electron chi connectivity index (χ2n) is 5.77. The van der Waals surface area contributed by atoms with Crippen molar-refractivity contribution in [1.82, 2.24) is 4.72 Å². The summed E-state index contributed by atoms with van der Waals surface area (Å²) in [6, 6.07) is 19.4. The van der Waals surface area contributed by atoms with Gasteiger partial charge in [0.15, 0.2) is 0 Å². The van der Waals surface area contributed by atoms with Crippen molar-refractivity contribution >= 4 is 16.0 Å². The number of carbonyl (C=O) groups excluding carboxylic acids is 1. The van der Waals surface area contributed by atoms with E-state index < -0.39 is 16.0 Å². The average molecular weight is 369 g/mol. The van der Waals surface area contributed by atoms with E-state index in [2.05, 4.69) is 4.72 Å². The minimum Gasteiger partial charge on any atom is -0.465 e. The molecule has 0 amide bonds. The summed E-state index contributed by atoms with van der Waals surface area (Å²) in [7, 11) is -2.21. The smallest absolute Gasteiger partial charge is 0.338 e. The Labute approximate surface area is 153 Å². The van der Waals surface area contributed by atoms with Gasteiger partial charge in [-0.1, -0.05) is 48.5 Å². The number of ether oxygens (including phenoxy) is 1. The Morgan fingerprint density at radius 2 is 1.58 bits per heavy atom. The number of esters is 1. The Morgan fingerprint density at radius 3 is 2.23 bits per heavy atom. The quantitative estimate of drug-likeness (QED) is 0.678. The molecule has 0 atom stereocenters. The van der Waals surface area contributed by atoms with E-state index >= 15 is 0 Å². The molecule has 0 bridgehead atoms. The molecular weight excluding hydrogens is 350 g/mol.